The number of hydrogen-bond acceptors (Lipinski definition) is 3. The van der Waals surface area contributed by atoms with Crippen LogP contribution in [0.4, 0.5) is 0 Å². The first-order valence-electron chi connectivity index (χ1n) is 8.28. The third kappa shape index (κ3) is 2.57. The number of hydrogen-bond donors (Lipinski definition) is 1. The molecule has 3 nitrogen and oxygen atoms in total. The maximum absolute atomic E-state index is 5.70. The molecule has 5 aliphatic rings. The Bertz CT molecular complexity index is 286. The van der Waals surface area contributed by atoms with Gasteiger partial charge in [0.1, 0.15) is 0 Å². The van der Waals surface area contributed by atoms with E-state index in [-0.39, 0.29) is 6.10 Å². The molecule has 4 aliphatic carbocycles. The van der Waals surface area contributed by atoms with Gasteiger partial charge in [0.2, 0.25) is 0 Å². The summed E-state index contributed by atoms with van der Waals surface area (Å²) in [6, 6.07) is 0. The van der Waals surface area contributed by atoms with Crippen LogP contribution in [0.3, 0.4) is 0 Å². The van der Waals surface area contributed by atoms with E-state index in [2.05, 4.69) is 5.32 Å². The van der Waals surface area contributed by atoms with E-state index in [0.29, 0.717) is 0 Å². The fourth-order valence-corrected chi connectivity index (χ4v) is 5.44. The van der Waals surface area contributed by atoms with Crippen molar-refractivity contribution < 1.29 is 9.47 Å². The van der Waals surface area contributed by atoms with Crippen LogP contribution in [-0.2, 0) is 9.47 Å². The van der Waals surface area contributed by atoms with Crippen LogP contribution in [0.2, 0.25) is 0 Å². The third-order valence-electron chi connectivity index (χ3n) is 6.06. The van der Waals surface area contributed by atoms with Gasteiger partial charge in [-0.05, 0) is 68.2 Å². The van der Waals surface area contributed by atoms with Crippen LogP contribution < -0.4 is 5.32 Å². The minimum atomic E-state index is 0.283. The molecule has 4 bridgehead atoms. The fourth-order valence-electron chi connectivity index (χ4n) is 5.44. The van der Waals surface area contributed by atoms with Gasteiger partial charge >= 0.3 is 0 Å². The molecular formula is C16H27NO2. The molecule has 108 valence electrons. The van der Waals surface area contributed by atoms with Crippen molar-refractivity contribution in [1.29, 1.82) is 0 Å². The van der Waals surface area contributed by atoms with Crippen molar-refractivity contribution in [2.45, 2.75) is 38.2 Å². The number of ether oxygens (including phenoxy) is 2. The lowest BCUT2D eigenvalue weighted by Gasteiger charge is -2.54. The Morgan fingerprint density at radius 3 is 2.21 bits per heavy atom. The molecule has 0 amide bonds. The van der Waals surface area contributed by atoms with E-state index in [1.54, 1.807) is 6.42 Å². The monoisotopic (exact) mass is 265 g/mol. The van der Waals surface area contributed by atoms with Crippen LogP contribution in [0.5, 0.6) is 0 Å². The normalized spacial score (nSPS) is 48.6. The van der Waals surface area contributed by atoms with Crippen LogP contribution in [0, 0.1) is 29.6 Å². The smallest absolute Gasteiger partial charge is 0.0933 e. The van der Waals surface area contributed by atoms with Crippen molar-refractivity contribution in [1.82, 2.24) is 5.32 Å². The molecule has 3 heteroatoms. The second kappa shape index (κ2) is 5.34. The Morgan fingerprint density at radius 2 is 1.58 bits per heavy atom. The van der Waals surface area contributed by atoms with E-state index in [0.717, 1.165) is 56.0 Å². The van der Waals surface area contributed by atoms with Crippen molar-refractivity contribution in [3.8, 4) is 0 Å². The van der Waals surface area contributed by atoms with Crippen molar-refractivity contribution in [3.63, 3.8) is 0 Å². The first kappa shape index (κ1) is 12.6. The van der Waals surface area contributed by atoms with Crippen molar-refractivity contribution in [2.75, 3.05) is 32.9 Å². The summed E-state index contributed by atoms with van der Waals surface area (Å²) in [5.41, 5.74) is 0. The van der Waals surface area contributed by atoms with Crippen LogP contribution in [0.15, 0.2) is 0 Å². The number of rotatable bonds is 4. The highest BCUT2D eigenvalue weighted by Gasteiger charge is 2.47. The van der Waals surface area contributed by atoms with Gasteiger partial charge in [-0.25, -0.2) is 0 Å². The predicted molar refractivity (Wildman–Crippen MR) is 74.0 cm³/mol. The van der Waals surface area contributed by atoms with Gasteiger partial charge < -0.3 is 14.8 Å². The van der Waals surface area contributed by atoms with Crippen LogP contribution >= 0.6 is 0 Å². The summed E-state index contributed by atoms with van der Waals surface area (Å²) in [5.74, 6) is 5.21. The first-order valence-corrected chi connectivity index (χ1v) is 8.28. The van der Waals surface area contributed by atoms with E-state index in [1.807, 2.05) is 0 Å². The van der Waals surface area contributed by atoms with E-state index >= 15 is 0 Å². The van der Waals surface area contributed by atoms with Gasteiger partial charge in [-0.1, -0.05) is 0 Å². The topological polar surface area (TPSA) is 30.5 Å². The summed E-state index contributed by atoms with van der Waals surface area (Å²) in [4.78, 5) is 0. The summed E-state index contributed by atoms with van der Waals surface area (Å²) in [5, 5.41) is 3.68. The van der Waals surface area contributed by atoms with Gasteiger partial charge in [0.25, 0.3) is 0 Å². The number of nitrogens with one attached hydrogen (secondary N) is 1. The predicted octanol–water partition coefficient (Wildman–Crippen LogP) is 2.06. The zero-order valence-corrected chi connectivity index (χ0v) is 11.9. The lowest BCUT2D eigenvalue weighted by molar-refractivity contribution is -0.0882. The largest absolute Gasteiger partial charge is 0.376 e. The van der Waals surface area contributed by atoms with Gasteiger partial charge in [0, 0.05) is 6.54 Å². The quantitative estimate of drug-likeness (QED) is 0.844. The molecule has 1 N–H and O–H groups in total. The van der Waals surface area contributed by atoms with E-state index in [1.165, 1.54) is 32.2 Å². The summed E-state index contributed by atoms with van der Waals surface area (Å²) in [6.45, 7) is 4.50. The van der Waals surface area contributed by atoms with Crippen molar-refractivity contribution in [3.05, 3.63) is 0 Å². The minimum absolute atomic E-state index is 0.283. The summed E-state index contributed by atoms with van der Waals surface area (Å²) in [7, 11) is 0. The Hall–Kier alpha value is -0.120. The van der Waals surface area contributed by atoms with E-state index in [9.17, 15) is 0 Å². The zero-order valence-electron chi connectivity index (χ0n) is 11.9. The molecule has 0 aromatic heterocycles. The average Bonchev–Trinajstić information content (AvgIpc) is 2.42. The maximum Gasteiger partial charge on any atom is 0.0933 e. The lowest BCUT2D eigenvalue weighted by Crippen LogP contribution is -2.49. The van der Waals surface area contributed by atoms with Crippen LogP contribution in [-0.4, -0.2) is 39.0 Å². The van der Waals surface area contributed by atoms with E-state index < -0.39 is 0 Å². The molecule has 5 rings (SSSR count). The average molecular weight is 265 g/mol. The highest BCUT2D eigenvalue weighted by atomic mass is 16.6. The molecule has 1 aliphatic heterocycles. The van der Waals surface area contributed by atoms with Gasteiger partial charge in [-0.2, -0.15) is 0 Å². The van der Waals surface area contributed by atoms with E-state index in [4.69, 9.17) is 9.47 Å². The second-order valence-electron chi connectivity index (χ2n) is 7.32. The second-order valence-corrected chi connectivity index (χ2v) is 7.32. The molecule has 0 aromatic carbocycles. The summed E-state index contributed by atoms with van der Waals surface area (Å²) < 4.78 is 11.2. The maximum atomic E-state index is 5.70. The van der Waals surface area contributed by atoms with Crippen molar-refractivity contribution >= 4 is 0 Å². The van der Waals surface area contributed by atoms with Crippen LogP contribution in [0.1, 0.15) is 32.1 Å². The van der Waals surface area contributed by atoms with Gasteiger partial charge in [0.15, 0.2) is 0 Å². The minimum Gasteiger partial charge on any atom is -0.376 e. The molecular weight excluding hydrogens is 238 g/mol. The Morgan fingerprint density at radius 1 is 0.842 bits per heavy atom. The summed E-state index contributed by atoms with van der Waals surface area (Å²) in [6.07, 6.45) is 7.96. The molecule has 4 saturated carbocycles. The molecule has 1 unspecified atom stereocenters. The van der Waals surface area contributed by atoms with Crippen molar-refractivity contribution in [2.24, 2.45) is 29.6 Å². The molecule has 5 fully saturated rings. The standard InChI is InChI=1S/C16H27NO2/c1-2-19-15(10-18-1)8-17-9-16-13-4-11-3-12(6-13)7-14(16)5-11/h11-17H,1-10H2. The molecule has 19 heavy (non-hydrogen) atoms. The summed E-state index contributed by atoms with van der Waals surface area (Å²) >= 11 is 0. The van der Waals surface area contributed by atoms with Gasteiger partial charge in [-0.15, -0.1) is 0 Å². The van der Waals surface area contributed by atoms with Gasteiger partial charge in [-0.3, -0.25) is 0 Å². The highest BCUT2D eigenvalue weighted by Crippen LogP contribution is 2.56. The SMILES string of the molecule is C1COC(CNCC2C3CC4CC(C3)CC2C4)CO1. The fraction of sp³-hybridized carbons (Fsp3) is 1.00. The Kier molecular flexibility index (Phi) is 3.55. The van der Waals surface area contributed by atoms with Gasteiger partial charge in [0.05, 0.1) is 25.9 Å². The zero-order chi connectivity index (χ0) is 12.7. The molecule has 0 radical (unpaired) electrons. The molecule has 0 spiro atoms. The molecule has 1 atom stereocenters. The van der Waals surface area contributed by atoms with Crippen LogP contribution in [0.25, 0.3) is 0 Å². The highest BCUT2D eigenvalue weighted by molar-refractivity contribution is 4.98. The molecule has 0 aromatic rings. The lowest BCUT2D eigenvalue weighted by atomic mass is 9.52. The first-order chi connectivity index (χ1) is 9.38. The molecule has 1 saturated heterocycles. The Labute approximate surface area is 116 Å². The Balaban J connectivity index is 1.26. The molecule has 1 heterocycles. The third-order valence-corrected chi connectivity index (χ3v) is 6.06.